The Morgan fingerprint density at radius 1 is 1.47 bits per heavy atom. The lowest BCUT2D eigenvalue weighted by Gasteiger charge is -2.22. The van der Waals surface area contributed by atoms with Crippen LogP contribution in [0.3, 0.4) is 0 Å². The number of hydrogen-bond acceptors (Lipinski definition) is 2. The fraction of sp³-hybridized carbons (Fsp3) is 0.417. The molecule has 92 valence electrons. The highest BCUT2D eigenvalue weighted by atomic mass is 79.9. The standard InChI is InChI=1S/C12H14BrFN2O/c13-8-4-3-5-9(14)11(8)16-12(17)10-6-1-2-7-15-10/h3-5,10,15H,1-2,6-7H2,(H,16,17). The van der Waals surface area contributed by atoms with E-state index in [9.17, 15) is 9.18 Å². The number of piperidine rings is 1. The van der Waals surface area contributed by atoms with Gasteiger partial charge in [-0.2, -0.15) is 0 Å². The Hall–Kier alpha value is -0.940. The number of anilines is 1. The third-order valence-electron chi connectivity index (χ3n) is 2.84. The van der Waals surface area contributed by atoms with Crippen LogP contribution in [0.1, 0.15) is 19.3 Å². The minimum Gasteiger partial charge on any atom is -0.321 e. The maximum absolute atomic E-state index is 13.5. The normalized spacial score (nSPS) is 20.0. The fourth-order valence-corrected chi connectivity index (χ4v) is 2.34. The molecule has 1 aromatic carbocycles. The zero-order chi connectivity index (χ0) is 12.3. The number of para-hydroxylation sites is 1. The molecule has 1 unspecified atom stereocenters. The molecule has 1 aliphatic heterocycles. The number of carbonyl (C=O) groups excluding carboxylic acids is 1. The van der Waals surface area contributed by atoms with Gasteiger partial charge in [0.25, 0.3) is 0 Å². The van der Waals surface area contributed by atoms with Gasteiger partial charge in [0.05, 0.1) is 11.7 Å². The van der Waals surface area contributed by atoms with Gasteiger partial charge in [0, 0.05) is 4.47 Å². The summed E-state index contributed by atoms with van der Waals surface area (Å²) >= 11 is 3.22. The maximum atomic E-state index is 13.5. The van der Waals surface area contributed by atoms with E-state index in [1.165, 1.54) is 6.07 Å². The van der Waals surface area contributed by atoms with Gasteiger partial charge in [-0.15, -0.1) is 0 Å². The molecule has 3 nitrogen and oxygen atoms in total. The summed E-state index contributed by atoms with van der Waals surface area (Å²) in [6.45, 7) is 0.844. The van der Waals surface area contributed by atoms with Crippen LogP contribution in [0.4, 0.5) is 10.1 Å². The highest BCUT2D eigenvalue weighted by molar-refractivity contribution is 9.10. The molecular formula is C12H14BrFN2O. The lowest BCUT2D eigenvalue weighted by atomic mass is 10.0. The molecule has 1 aliphatic rings. The van der Waals surface area contributed by atoms with E-state index < -0.39 is 5.82 Å². The molecule has 1 fully saturated rings. The van der Waals surface area contributed by atoms with E-state index in [1.54, 1.807) is 12.1 Å². The number of nitrogens with one attached hydrogen (secondary N) is 2. The van der Waals surface area contributed by atoms with Crippen LogP contribution in [-0.2, 0) is 4.79 Å². The Morgan fingerprint density at radius 3 is 2.94 bits per heavy atom. The zero-order valence-electron chi connectivity index (χ0n) is 9.30. The fourth-order valence-electron chi connectivity index (χ4n) is 1.90. The van der Waals surface area contributed by atoms with Crippen molar-refractivity contribution in [2.75, 3.05) is 11.9 Å². The van der Waals surface area contributed by atoms with Crippen LogP contribution < -0.4 is 10.6 Å². The number of carbonyl (C=O) groups is 1. The molecule has 2 N–H and O–H groups in total. The first kappa shape index (κ1) is 12.5. The highest BCUT2D eigenvalue weighted by Crippen LogP contribution is 2.25. The van der Waals surface area contributed by atoms with E-state index in [2.05, 4.69) is 26.6 Å². The van der Waals surface area contributed by atoms with Gasteiger partial charge in [0.15, 0.2) is 0 Å². The molecule has 2 rings (SSSR count). The highest BCUT2D eigenvalue weighted by Gasteiger charge is 2.21. The minimum absolute atomic E-state index is 0.171. The summed E-state index contributed by atoms with van der Waals surface area (Å²) in [5.41, 5.74) is 0.213. The summed E-state index contributed by atoms with van der Waals surface area (Å²) in [6.07, 6.45) is 2.93. The minimum atomic E-state index is -0.427. The molecule has 0 bridgehead atoms. The van der Waals surface area contributed by atoms with Gasteiger partial charge in [0.1, 0.15) is 5.82 Å². The molecule has 1 aromatic rings. The lowest BCUT2D eigenvalue weighted by Crippen LogP contribution is -2.43. The molecule has 0 aliphatic carbocycles. The van der Waals surface area contributed by atoms with Crippen LogP contribution in [0.15, 0.2) is 22.7 Å². The first-order valence-electron chi connectivity index (χ1n) is 5.67. The summed E-state index contributed by atoms with van der Waals surface area (Å²) in [5.74, 6) is -0.598. The maximum Gasteiger partial charge on any atom is 0.241 e. The van der Waals surface area contributed by atoms with Crippen molar-refractivity contribution in [1.82, 2.24) is 5.32 Å². The molecule has 17 heavy (non-hydrogen) atoms. The van der Waals surface area contributed by atoms with Gasteiger partial charge in [-0.1, -0.05) is 12.5 Å². The molecule has 0 saturated carbocycles. The van der Waals surface area contributed by atoms with E-state index in [-0.39, 0.29) is 17.6 Å². The molecule has 0 radical (unpaired) electrons. The average molecular weight is 301 g/mol. The molecule has 5 heteroatoms. The van der Waals surface area contributed by atoms with E-state index in [0.717, 1.165) is 25.8 Å². The molecule has 1 heterocycles. The van der Waals surface area contributed by atoms with E-state index in [1.807, 2.05) is 0 Å². The summed E-state index contributed by atoms with van der Waals surface area (Å²) in [7, 11) is 0. The molecular weight excluding hydrogens is 287 g/mol. The Balaban J connectivity index is 2.07. The predicted molar refractivity (Wildman–Crippen MR) is 68.4 cm³/mol. The van der Waals surface area contributed by atoms with Crippen LogP contribution in [0.25, 0.3) is 0 Å². The third-order valence-corrected chi connectivity index (χ3v) is 3.50. The van der Waals surface area contributed by atoms with Crippen molar-refractivity contribution in [3.63, 3.8) is 0 Å². The van der Waals surface area contributed by atoms with E-state index in [0.29, 0.717) is 4.47 Å². The topological polar surface area (TPSA) is 41.1 Å². The molecule has 1 atom stereocenters. The second-order valence-corrected chi connectivity index (χ2v) is 4.94. The Morgan fingerprint density at radius 2 is 2.29 bits per heavy atom. The monoisotopic (exact) mass is 300 g/mol. The average Bonchev–Trinajstić information content (AvgIpc) is 2.35. The van der Waals surface area contributed by atoms with Gasteiger partial charge >= 0.3 is 0 Å². The van der Waals surface area contributed by atoms with Gasteiger partial charge in [0.2, 0.25) is 5.91 Å². The number of hydrogen-bond donors (Lipinski definition) is 2. The van der Waals surface area contributed by atoms with Gasteiger partial charge < -0.3 is 10.6 Å². The second-order valence-electron chi connectivity index (χ2n) is 4.09. The number of halogens is 2. The zero-order valence-corrected chi connectivity index (χ0v) is 10.9. The summed E-state index contributed by atoms with van der Waals surface area (Å²) in [4.78, 5) is 11.9. The van der Waals surface area contributed by atoms with E-state index in [4.69, 9.17) is 0 Å². The largest absolute Gasteiger partial charge is 0.321 e. The molecule has 0 spiro atoms. The Labute approximate surface area is 108 Å². The third kappa shape index (κ3) is 3.04. The van der Waals surface area contributed by atoms with Crippen molar-refractivity contribution >= 4 is 27.5 Å². The Kier molecular flexibility index (Phi) is 4.12. The van der Waals surface area contributed by atoms with Crippen LogP contribution >= 0.6 is 15.9 Å². The number of amides is 1. The summed E-state index contributed by atoms with van der Waals surface area (Å²) < 4.78 is 14.1. The lowest BCUT2D eigenvalue weighted by molar-refractivity contribution is -0.118. The van der Waals surface area contributed by atoms with Gasteiger partial charge in [-0.25, -0.2) is 4.39 Å². The van der Waals surface area contributed by atoms with Crippen LogP contribution in [0.5, 0.6) is 0 Å². The van der Waals surface area contributed by atoms with Crippen LogP contribution in [-0.4, -0.2) is 18.5 Å². The van der Waals surface area contributed by atoms with Crippen LogP contribution in [0.2, 0.25) is 0 Å². The molecule has 0 aromatic heterocycles. The van der Waals surface area contributed by atoms with Gasteiger partial charge in [-0.3, -0.25) is 4.79 Å². The SMILES string of the molecule is O=C(Nc1c(F)cccc1Br)C1CCCCN1. The van der Waals surface area contributed by atoms with Crippen molar-refractivity contribution in [2.24, 2.45) is 0 Å². The molecule has 1 amide bonds. The van der Waals surface area contributed by atoms with Crippen molar-refractivity contribution in [3.05, 3.63) is 28.5 Å². The number of rotatable bonds is 2. The van der Waals surface area contributed by atoms with E-state index >= 15 is 0 Å². The first-order chi connectivity index (χ1) is 8.18. The summed E-state index contributed by atoms with van der Waals surface area (Å²) in [6, 6.07) is 4.41. The Bertz CT molecular complexity index is 399. The number of benzene rings is 1. The van der Waals surface area contributed by atoms with Crippen LogP contribution in [0, 0.1) is 5.82 Å². The van der Waals surface area contributed by atoms with Crippen molar-refractivity contribution in [1.29, 1.82) is 0 Å². The van der Waals surface area contributed by atoms with Crippen molar-refractivity contribution in [2.45, 2.75) is 25.3 Å². The summed E-state index contributed by atoms with van der Waals surface area (Å²) in [5, 5.41) is 5.75. The predicted octanol–water partition coefficient (Wildman–Crippen LogP) is 2.67. The first-order valence-corrected chi connectivity index (χ1v) is 6.46. The molecule has 1 saturated heterocycles. The smallest absolute Gasteiger partial charge is 0.241 e. The van der Waals surface area contributed by atoms with Gasteiger partial charge in [-0.05, 0) is 47.4 Å². The second kappa shape index (κ2) is 5.60. The van der Waals surface area contributed by atoms with Crippen molar-refractivity contribution in [3.8, 4) is 0 Å². The quantitative estimate of drug-likeness (QED) is 0.882. The van der Waals surface area contributed by atoms with Crippen molar-refractivity contribution < 1.29 is 9.18 Å².